The molecule has 0 spiro atoms. The minimum absolute atomic E-state index is 0.122. The summed E-state index contributed by atoms with van der Waals surface area (Å²) in [5.74, 6) is -0.932. The van der Waals surface area contributed by atoms with E-state index in [1.54, 1.807) is 0 Å². The first-order valence-electron chi connectivity index (χ1n) is 12.2. The first-order chi connectivity index (χ1) is 16.4. The molecule has 6 amide bonds. The van der Waals surface area contributed by atoms with Crippen molar-refractivity contribution in [1.82, 2.24) is 26.0 Å². The van der Waals surface area contributed by atoms with Gasteiger partial charge in [-0.25, -0.2) is 14.6 Å². The zero-order chi connectivity index (χ0) is 26.3. The quantitative estimate of drug-likeness (QED) is 0.438. The molecule has 1 aromatic carbocycles. The van der Waals surface area contributed by atoms with Gasteiger partial charge in [-0.2, -0.15) is 0 Å². The number of carbonyl (C=O) groups excluding carboxylic acids is 4. The van der Waals surface area contributed by atoms with Gasteiger partial charge in [0.1, 0.15) is 12.1 Å². The molecule has 1 aromatic rings. The zero-order valence-electron chi connectivity index (χ0n) is 21.6. The van der Waals surface area contributed by atoms with Crippen molar-refractivity contribution >= 4 is 23.9 Å². The number of rotatable bonds is 7. The number of hydrazine groups is 1. The summed E-state index contributed by atoms with van der Waals surface area (Å²) in [6.07, 6.45) is 1.26. The minimum atomic E-state index is -0.887. The van der Waals surface area contributed by atoms with Gasteiger partial charge in [0.2, 0.25) is 5.91 Å². The normalized spacial score (nSPS) is 19.4. The van der Waals surface area contributed by atoms with Gasteiger partial charge < -0.3 is 21.3 Å². The standard InChI is InChI=1S/C25H40N6O4/c1-7-14-31(24(35)27-17(3)18-11-9-8-10-12-18)29-21(32)19-16(2)13-15-30(19)22(33)20(25(4,5)6)28-23(26)34/h8-12,16-17,19-20H,7,13-15H2,1-6H3,(H,27,35)(H,29,32)(H3,26,28,34)/t16-,17-,19-,20+/m0/s1. The lowest BCUT2D eigenvalue weighted by Gasteiger charge is -2.36. The molecule has 0 aromatic heterocycles. The number of carbonyl (C=O) groups is 4. The Morgan fingerprint density at radius 2 is 1.77 bits per heavy atom. The lowest BCUT2D eigenvalue weighted by atomic mass is 9.85. The largest absolute Gasteiger partial charge is 0.352 e. The molecule has 0 aliphatic carbocycles. The van der Waals surface area contributed by atoms with E-state index < -0.39 is 35.5 Å². The van der Waals surface area contributed by atoms with Crippen LogP contribution in [0.4, 0.5) is 9.59 Å². The summed E-state index contributed by atoms with van der Waals surface area (Å²) in [6, 6.07) is 6.39. The van der Waals surface area contributed by atoms with E-state index in [0.717, 1.165) is 5.56 Å². The molecule has 0 radical (unpaired) electrons. The first kappa shape index (κ1) is 27.9. The van der Waals surface area contributed by atoms with Gasteiger partial charge in [-0.05, 0) is 36.7 Å². The van der Waals surface area contributed by atoms with Crippen LogP contribution in [0.5, 0.6) is 0 Å². The van der Waals surface area contributed by atoms with Gasteiger partial charge in [0.25, 0.3) is 5.91 Å². The van der Waals surface area contributed by atoms with Crippen LogP contribution in [0.2, 0.25) is 0 Å². The second-order valence-corrected chi connectivity index (χ2v) is 10.3. The van der Waals surface area contributed by atoms with E-state index >= 15 is 0 Å². The number of likely N-dealkylation sites (tertiary alicyclic amines) is 1. The summed E-state index contributed by atoms with van der Waals surface area (Å²) in [7, 11) is 0. The molecule has 0 bridgehead atoms. The molecule has 1 fully saturated rings. The van der Waals surface area contributed by atoms with Crippen LogP contribution in [0, 0.1) is 11.3 Å². The number of hydrogen-bond acceptors (Lipinski definition) is 4. The Hall–Kier alpha value is -3.30. The van der Waals surface area contributed by atoms with Gasteiger partial charge in [-0.15, -0.1) is 0 Å². The molecule has 0 unspecified atom stereocenters. The maximum Gasteiger partial charge on any atom is 0.336 e. The summed E-state index contributed by atoms with van der Waals surface area (Å²) in [6.45, 7) is 11.8. The van der Waals surface area contributed by atoms with E-state index in [2.05, 4.69) is 16.1 Å². The van der Waals surface area contributed by atoms with Crippen LogP contribution in [0.3, 0.4) is 0 Å². The molecule has 10 nitrogen and oxygen atoms in total. The van der Waals surface area contributed by atoms with E-state index in [1.165, 1.54) is 9.91 Å². The highest BCUT2D eigenvalue weighted by Gasteiger charge is 2.45. The van der Waals surface area contributed by atoms with Gasteiger partial charge >= 0.3 is 12.1 Å². The predicted molar refractivity (Wildman–Crippen MR) is 134 cm³/mol. The van der Waals surface area contributed by atoms with Crippen LogP contribution >= 0.6 is 0 Å². The van der Waals surface area contributed by atoms with Crippen LogP contribution in [-0.4, -0.2) is 59.0 Å². The fourth-order valence-corrected chi connectivity index (χ4v) is 4.27. The summed E-state index contributed by atoms with van der Waals surface area (Å²) in [5.41, 5.74) is 8.37. The molecule has 4 atom stereocenters. The summed E-state index contributed by atoms with van der Waals surface area (Å²) in [4.78, 5) is 52.8. The second-order valence-electron chi connectivity index (χ2n) is 10.3. The molecule has 35 heavy (non-hydrogen) atoms. The lowest BCUT2D eigenvalue weighted by Crippen LogP contribution is -2.61. The fourth-order valence-electron chi connectivity index (χ4n) is 4.27. The molecule has 1 heterocycles. The third kappa shape index (κ3) is 7.34. The Bertz CT molecular complexity index is 901. The monoisotopic (exact) mass is 488 g/mol. The minimum Gasteiger partial charge on any atom is -0.352 e. The van der Waals surface area contributed by atoms with Crippen molar-refractivity contribution in [3.8, 4) is 0 Å². The molecule has 1 aliphatic heterocycles. The number of primary amides is 1. The summed E-state index contributed by atoms with van der Waals surface area (Å²) >= 11 is 0. The van der Waals surface area contributed by atoms with Gasteiger partial charge in [0, 0.05) is 13.1 Å². The van der Waals surface area contributed by atoms with Crippen molar-refractivity contribution in [2.24, 2.45) is 17.1 Å². The highest BCUT2D eigenvalue weighted by Crippen LogP contribution is 2.29. The Kier molecular flexibility index (Phi) is 9.50. The van der Waals surface area contributed by atoms with Gasteiger partial charge in [-0.1, -0.05) is 65.0 Å². The molecule has 1 aliphatic rings. The van der Waals surface area contributed by atoms with Crippen LogP contribution in [0.15, 0.2) is 30.3 Å². The van der Waals surface area contributed by atoms with Crippen molar-refractivity contribution in [3.05, 3.63) is 35.9 Å². The number of nitrogens with zero attached hydrogens (tertiary/aromatic N) is 2. The maximum atomic E-state index is 13.4. The van der Waals surface area contributed by atoms with E-state index in [-0.39, 0.29) is 17.9 Å². The summed E-state index contributed by atoms with van der Waals surface area (Å²) in [5, 5.41) is 6.70. The third-order valence-corrected chi connectivity index (χ3v) is 6.23. The first-order valence-corrected chi connectivity index (χ1v) is 12.2. The van der Waals surface area contributed by atoms with Crippen molar-refractivity contribution in [1.29, 1.82) is 0 Å². The van der Waals surface area contributed by atoms with E-state index in [0.29, 0.717) is 25.9 Å². The van der Waals surface area contributed by atoms with Gasteiger partial charge in [0.05, 0.1) is 6.04 Å². The Balaban J connectivity index is 2.17. The topological polar surface area (TPSA) is 137 Å². The van der Waals surface area contributed by atoms with E-state index in [9.17, 15) is 19.2 Å². The SMILES string of the molecule is CCCN(NC(=O)[C@@H]1[C@@H](C)CCN1C(=O)[C@@H](NC(N)=O)C(C)(C)C)C(=O)N[C@@H](C)c1ccccc1. The third-order valence-electron chi connectivity index (χ3n) is 6.23. The molecule has 2 rings (SSSR count). The van der Waals surface area contributed by atoms with Gasteiger partial charge in [-0.3, -0.25) is 15.0 Å². The highest BCUT2D eigenvalue weighted by atomic mass is 16.2. The molecule has 1 saturated heterocycles. The molecule has 10 heteroatoms. The second kappa shape index (κ2) is 11.9. The average Bonchev–Trinajstić information content (AvgIpc) is 3.17. The maximum absolute atomic E-state index is 13.4. The molecule has 0 saturated carbocycles. The number of nitrogens with one attached hydrogen (secondary N) is 3. The van der Waals surface area contributed by atoms with Crippen molar-refractivity contribution in [3.63, 3.8) is 0 Å². The van der Waals surface area contributed by atoms with Gasteiger partial charge in [0.15, 0.2) is 0 Å². The molecular formula is C25H40N6O4. The molecule has 194 valence electrons. The van der Waals surface area contributed by atoms with Crippen molar-refractivity contribution in [2.45, 2.75) is 72.5 Å². The Morgan fingerprint density at radius 1 is 1.14 bits per heavy atom. The number of hydrogen-bond donors (Lipinski definition) is 4. The number of nitrogens with two attached hydrogens (primary N) is 1. The fraction of sp³-hybridized carbons (Fsp3) is 0.600. The van der Waals surface area contributed by atoms with E-state index in [4.69, 9.17) is 5.73 Å². The summed E-state index contributed by atoms with van der Waals surface area (Å²) < 4.78 is 0. The smallest absolute Gasteiger partial charge is 0.336 e. The van der Waals surface area contributed by atoms with Crippen molar-refractivity contribution in [2.75, 3.05) is 13.1 Å². The predicted octanol–water partition coefficient (Wildman–Crippen LogP) is 2.52. The number of urea groups is 2. The van der Waals surface area contributed by atoms with Crippen LogP contribution < -0.4 is 21.8 Å². The highest BCUT2D eigenvalue weighted by molar-refractivity contribution is 5.93. The number of benzene rings is 1. The van der Waals surface area contributed by atoms with Crippen LogP contribution in [-0.2, 0) is 9.59 Å². The Labute approximate surface area is 207 Å². The van der Waals surface area contributed by atoms with Crippen LogP contribution in [0.1, 0.15) is 66.0 Å². The van der Waals surface area contributed by atoms with Crippen LogP contribution in [0.25, 0.3) is 0 Å². The molecular weight excluding hydrogens is 448 g/mol. The lowest BCUT2D eigenvalue weighted by molar-refractivity contribution is -0.144. The Morgan fingerprint density at radius 3 is 2.31 bits per heavy atom. The number of amides is 6. The molecule has 5 N–H and O–H groups in total. The van der Waals surface area contributed by atoms with Crippen molar-refractivity contribution < 1.29 is 19.2 Å². The zero-order valence-corrected chi connectivity index (χ0v) is 21.6. The van der Waals surface area contributed by atoms with E-state index in [1.807, 2.05) is 71.9 Å². The average molecular weight is 489 g/mol.